The fraction of sp³-hybridized carbons (Fsp3) is 0.786. The van der Waals surface area contributed by atoms with Crippen molar-refractivity contribution in [3.05, 3.63) is 5.82 Å². The zero-order chi connectivity index (χ0) is 15.7. The van der Waals surface area contributed by atoms with Crippen LogP contribution in [0, 0.1) is 6.92 Å². The van der Waals surface area contributed by atoms with Gasteiger partial charge in [-0.2, -0.15) is 4.37 Å². The van der Waals surface area contributed by atoms with E-state index in [1.165, 1.54) is 11.5 Å². The molecule has 1 rings (SSSR count). The number of esters is 1. The summed E-state index contributed by atoms with van der Waals surface area (Å²) >= 11 is 3.18. The predicted molar refractivity (Wildman–Crippen MR) is 87.9 cm³/mol. The minimum absolute atomic E-state index is 0.153. The fourth-order valence-electron chi connectivity index (χ4n) is 2.02. The summed E-state index contributed by atoms with van der Waals surface area (Å²) in [6.07, 6.45) is 2.81. The third-order valence-electron chi connectivity index (χ3n) is 3.10. The number of aromatic nitrogens is 2. The zero-order valence-corrected chi connectivity index (χ0v) is 14.9. The van der Waals surface area contributed by atoms with Crippen LogP contribution in [0.15, 0.2) is 4.34 Å². The normalized spacial score (nSPS) is 13.9. The van der Waals surface area contributed by atoms with Crippen molar-refractivity contribution in [1.82, 2.24) is 14.7 Å². The van der Waals surface area contributed by atoms with Crippen LogP contribution in [-0.4, -0.2) is 39.8 Å². The van der Waals surface area contributed by atoms with Gasteiger partial charge in [-0.25, -0.2) is 4.98 Å². The van der Waals surface area contributed by atoms with Crippen LogP contribution in [0.3, 0.4) is 0 Å². The van der Waals surface area contributed by atoms with Crippen molar-refractivity contribution in [3.63, 3.8) is 0 Å². The van der Waals surface area contributed by atoms with Crippen LogP contribution in [0.1, 0.15) is 45.9 Å². The smallest absolute Gasteiger partial charge is 0.326 e. The van der Waals surface area contributed by atoms with Crippen molar-refractivity contribution < 1.29 is 9.53 Å². The number of hydrogen-bond acceptors (Lipinski definition) is 7. The summed E-state index contributed by atoms with van der Waals surface area (Å²) < 4.78 is 10.3. The third-order valence-corrected chi connectivity index (χ3v) is 5.11. The van der Waals surface area contributed by atoms with Crippen LogP contribution >= 0.6 is 23.3 Å². The van der Waals surface area contributed by atoms with Crippen LogP contribution in [0.4, 0.5) is 0 Å². The first-order chi connectivity index (χ1) is 10.0. The zero-order valence-electron chi connectivity index (χ0n) is 13.3. The standard InChI is InChI=1S/C14H25N3O2S2/c1-5-15-14(4,12(18)19-6-2)9-7-8-10-20-13-16-11(3)17-21-13/h15H,5-10H2,1-4H3. The number of carbonyl (C=O) groups is 1. The number of nitrogens with zero attached hydrogens (tertiary/aromatic N) is 2. The van der Waals surface area contributed by atoms with Crippen LogP contribution < -0.4 is 5.32 Å². The molecule has 1 unspecified atom stereocenters. The first-order valence-electron chi connectivity index (χ1n) is 7.37. The molecule has 5 nitrogen and oxygen atoms in total. The minimum Gasteiger partial charge on any atom is -0.465 e. The van der Waals surface area contributed by atoms with Gasteiger partial charge in [-0.05, 0) is 51.7 Å². The lowest BCUT2D eigenvalue weighted by Crippen LogP contribution is -2.50. The number of carbonyl (C=O) groups excluding carboxylic acids is 1. The molecule has 1 aromatic heterocycles. The maximum atomic E-state index is 12.0. The van der Waals surface area contributed by atoms with E-state index in [4.69, 9.17) is 4.74 Å². The number of nitrogens with one attached hydrogen (secondary N) is 1. The molecule has 120 valence electrons. The Kier molecular flexibility index (Phi) is 8.21. The molecule has 0 spiro atoms. The molecule has 21 heavy (non-hydrogen) atoms. The predicted octanol–water partition coefficient (Wildman–Crippen LogP) is 3.04. The van der Waals surface area contributed by atoms with E-state index < -0.39 is 5.54 Å². The number of thioether (sulfide) groups is 1. The van der Waals surface area contributed by atoms with Crippen LogP contribution in [-0.2, 0) is 9.53 Å². The second kappa shape index (κ2) is 9.38. The van der Waals surface area contributed by atoms with E-state index in [-0.39, 0.29) is 5.97 Å². The van der Waals surface area contributed by atoms with E-state index in [1.54, 1.807) is 11.8 Å². The van der Waals surface area contributed by atoms with Crippen molar-refractivity contribution in [1.29, 1.82) is 0 Å². The third kappa shape index (κ3) is 6.32. The van der Waals surface area contributed by atoms with Crippen LogP contribution in [0.5, 0.6) is 0 Å². The second-order valence-corrected chi connectivity index (χ2v) is 7.09. The molecule has 0 aliphatic heterocycles. The molecule has 0 radical (unpaired) electrons. The lowest BCUT2D eigenvalue weighted by atomic mass is 9.95. The molecular weight excluding hydrogens is 306 g/mol. The van der Waals surface area contributed by atoms with E-state index in [0.29, 0.717) is 6.61 Å². The van der Waals surface area contributed by atoms with Gasteiger partial charge in [0.05, 0.1) is 6.61 Å². The van der Waals surface area contributed by atoms with Crippen molar-refractivity contribution in [3.8, 4) is 0 Å². The van der Waals surface area contributed by atoms with E-state index in [2.05, 4.69) is 14.7 Å². The Morgan fingerprint density at radius 3 is 2.76 bits per heavy atom. The summed E-state index contributed by atoms with van der Waals surface area (Å²) in [5, 5.41) is 3.25. The molecule has 0 fully saturated rings. The Hall–Kier alpha value is -0.660. The van der Waals surface area contributed by atoms with Gasteiger partial charge in [0.1, 0.15) is 11.4 Å². The molecule has 1 atom stereocenters. The Labute approximate surface area is 135 Å². The molecule has 1 N–H and O–H groups in total. The first-order valence-corrected chi connectivity index (χ1v) is 9.13. The molecule has 0 saturated carbocycles. The Bertz CT molecular complexity index is 440. The number of aryl methyl sites for hydroxylation is 1. The molecule has 1 heterocycles. The monoisotopic (exact) mass is 331 g/mol. The molecule has 0 aliphatic carbocycles. The summed E-state index contributed by atoms with van der Waals surface area (Å²) in [7, 11) is 0. The average Bonchev–Trinajstić information content (AvgIpc) is 2.84. The number of likely N-dealkylation sites (N-methyl/N-ethyl adjacent to an activating group) is 1. The van der Waals surface area contributed by atoms with E-state index in [1.807, 2.05) is 27.7 Å². The summed E-state index contributed by atoms with van der Waals surface area (Å²) in [6, 6.07) is 0. The highest BCUT2D eigenvalue weighted by atomic mass is 32.2. The number of rotatable bonds is 10. The molecule has 0 aliphatic rings. The van der Waals surface area contributed by atoms with Gasteiger partial charge in [-0.1, -0.05) is 25.1 Å². The summed E-state index contributed by atoms with van der Waals surface area (Å²) in [5.74, 6) is 1.68. The highest BCUT2D eigenvalue weighted by Crippen LogP contribution is 2.23. The number of unbranched alkanes of at least 4 members (excludes halogenated alkanes) is 1. The molecule has 7 heteroatoms. The average molecular weight is 332 g/mol. The summed E-state index contributed by atoms with van der Waals surface area (Å²) in [5.41, 5.74) is -0.575. The molecule has 0 aromatic carbocycles. The van der Waals surface area contributed by atoms with E-state index in [9.17, 15) is 4.79 Å². The van der Waals surface area contributed by atoms with Crippen molar-refractivity contribution in [2.45, 2.75) is 56.8 Å². The number of hydrogen-bond donors (Lipinski definition) is 1. The Morgan fingerprint density at radius 1 is 1.43 bits per heavy atom. The van der Waals surface area contributed by atoms with Crippen LogP contribution in [0.2, 0.25) is 0 Å². The molecule has 0 bridgehead atoms. The van der Waals surface area contributed by atoms with E-state index in [0.717, 1.165) is 41.7 Å². The lowest BCUT2D eigenvalue weighted by molar-refractivity contribution is -0.150. The molecular formula is C14H25N3O2S2. The van der Waals surface area contributed by atoms with Crippen molar-refractivity contribution in [2.75, 3.05) is 18.9 Å². The van der Waals surface area contributed by atoms with E-state index >= 15 is 0 Å². The fourth-order valence-corrected chi connectivity index (χ4v) is 3.74. The van der Waals surface area contributed by atoms with Crippen LogP contribution in [0.25, 0.3) is 0 Å². The first kappa shape index (κ1) is 18.4. The minimum atomic E-state index is -0.575. The largest absolute Gasteiger partial charge is 0.465 e. The lowest BCUT2D eigenvalue weighted by Gasteiger charge is -2.28. The highest BCUT2D eigenvalue weighted by molar-refractivity contribution is 8.00. The van der Waals surface area contributed by atoms with Gasteiger partial charge in [-0.15, -0.1) is 0 Å². The quantitative estimate of drug-likeness (QED) is 0.404. The van der Waals surface area contributed by atoms with Gasteiger partial charge in [-0.3, -0.25) is 4.79 Å². The summed E-state index contributed by atoms with van der Waals surface area (Å²) in [6.45, 7) is 8.85. The van der Waals surface area contributed by atoms with Gasteiger partial charge in [0.25, 0.3) is 0 Å². The SMILES string of the molecule is CCNC(C)(CCCCSc1nc(C)ns1)C(=O)OCC. The summed E-state index contributed by atoms with van der Waals surface area (Å²) in [4.78, 5) is 16.4. The van der Waals surface area contributed by atoms with Gasteiger partial charge in [0.15, 0.2) is 4.34 Å². The maximum absolute atomic E-state index is 12.0. The molecule has 0 saturated heterocycles. The van der Waals surface area contributed by atoms with Crippen molar-refractivity contribution >= 4 is 29.3 Å². The van der Waals surface area contributed by atoms with Gasteiger partial charge in [0, 0.05) is 5.75 Å². The number of ether oxygens (including phenoxy) is 1. The van der Waals surface area contributed by atoms with Gasteiger partial charge >= 0.3 is 5.97 Å². The second-order valence-electron chi connectivity index (χ2n) is 5.00. The molecule has 1 aromatic rings. The van der Waals surface area contributed by atoms with Crippen molar-refractivity contribution in [2.24, 2.45) is 0 Å². The highest BCUT2D eigenvalue weighted by Gasteiger charge is 2.32. The topological polar surface area (TPSA) is 64.1 Å². The maximum Gasteiger partial charge on any atom is 0.326 e. The Morgan fingerprint density at radius 2 is 2.19 bits per heavy atom. The van der Waals surface area contributed by atoms with Gasteiger partial charge in [0.2, 0.25) is 0 Å². The van der Waals surface area contributed by atoms with Gasteiger partial charge < -0.3 is 10.1 Å². The Balaban J connectivity index is 2.31. The molecule has 0 amide bonds.